The number of rotatable bonds is 2. The number of hydrogen-bond donors (Lipinski definition) is 3. The van der Waals surface area contributed by atoms with Crippen molar-refractivity contribution < 1.29 is 9.90 Å². The maximum Gasteiger partial charge on any atom is 0.323 e. The highest BCUT2D eigenvalue weighted by atomic mass is 16.3. The zero-order chi connectivity index (χ0) is 14.7. The fourth-order valence-electron chi connectivity index (χ4n) is 2.14. The Balaban J connectivity index is 1.74. The Morgan fingerprint density at radius 1 is 0.762 bits per heavy atom. The van der Waals surface area contributed by atoms with Crippen molar-refractivity contribution in [3.8, 4) is 5.75 Å². The van der Waals surface area contributed by atoms with Crippen LogP contribution >= 0.6 is 0 Å². The first kappa shape index (κ1) is 13.0. The molecule has 21 heavy (non-hydrogen) atoms. The summed E-state index contributed by atoms with van der Waals surface area (Å²) in [5, 5.41) is 17.0. The fraction of sp³-hybridized carbons (Fsp3) is 0. The summed E-state index contributed by atoms with van der Waals surface area (Å²) in [6.45, 7) is 0. The van der Waals surface area contributed by atoms with Gasteiger partial charge in [-0.3, -0.25) is 0 Å². The molecule has 0 bridgehead atoms. The van der Waals surface area contributed by atoms with Crippen LogP contribution in [0.4, 0.5) is 16.2 Å². The number of carbonyl (C=O) groups is 1. The van der Waals surface area contributed by atoms with Gasteiger partial charge in [0.15, 0.2) is 0 Å². The van der Waals surface area contributed by atoms with Crippen molar-refractivity contribution in [1.82, 2.24) is 0 Å². The van der Waals surface area contributed by atoms with Crippen molar-refractivity contribution in [2.45, 2.75) is 0 Å². The molecule has 0 aromatic heterocycles. The molecule has 0 saturated heterocycles. The summed E-state index contributed by atoms with van der Waals surface area (Å²) in [5.41, 5.74) is 1.25. The van der Waals surface area contributed by atoms with E-state index < -0.39 is 0 Å². The van der Waals surface area contributed by atoms with E-state index in [1.807, 2.05) is 42.5 Å². The predicted molar refractivity (Wildman–Crippen MR) is 84.7 cm³/mol. The predicted octanol–water partition coefficient (Wildman–Crippen LogP) is 4.19. The van der Waals surface area contributed by atoms with E-state index in [2.05, 4.69) is 10.6 Å². The van der Waals surface area contributed by atoms with Gasteiger partial charge in [-0.25, -0.2) is 4.79 Å². The zero-order valence-electron chi connectivity index (χ0n) is 11.2. The molecule has 3 rings (SSSR count). The number of benzene rings is 3. The minimum Gasteiger partial charge on any atom is -0.508 e. The van der Waals surface area contributed by atoms with Crippen LogP contribution in [-0.4, -0.2) is 11.1 Å². The Bertz CT molecular complexity index is 799. The molecule has 3 aromatic rings. The van der Waals surface area contributed by atoms with E-state index in [0.717, 1.165) is 10.8 Å². The highest BCUT2D eigenvalue weighted by Gasteiger charge is 2.03. The first-order chi connectivity index (χ1) is 10.2. The van der Waals surface area contributed by atoms with E-state index >= 15 is 0 Å². The molecule has 4 nitrogen and oxygen atoms in total. The maximum atomic E-state index is 11.9. The molecule has 3 aromatic carbocycles. The van der Waals surface area contributed by atoms with Crippen LogP contribution < -0.4 is 10.6 Å². The lowest BCUT2D eigenvalue weighted by atomic mass is 10.1. The molecule has 0 aliphatic rings. The normalized spacial score (nSPS) is 10.3. The van der Waals surface area contributed by atoms with E-state index in [-0.39, 0.29) is 11.8 Å². The zero-order valence-corrected chi connectivity index (χ0v) is 11.2. The highest BCUT2D eigenvalue weighted by molar-refractivity contribution is 6.01. The number of hydrogen-bond acceptors (Lipinski definition) is 2. The summed E-state index contributed by atoms with van der Waals surface area (Å²) in [7, 11) is 0. The standard InChI is InChI=1S/C17H14N2O2/c20-16-7-3-6-14(11-16)18-17(21)19-15-9-8-12-4-1-2-5-13(12)10-15/h1-11,20H,(H2,18,19,21). The van der Waals surface area contributed by atoms with Crippen LogP contribution in [0.3, 0.4) is 0 Å². The van der Waals surface area contributed by atoms with Gasteiger partial charge in [-0.1, -0.05) is 36.4 Å². The number of fused-ring (bicyclic) bond motifs is 1. The second-order valence-corrected chi connectivity index (χ2v) is 4.69. The average Bonchev–Trinajstić information content (AvgIpc) is 2.47. The first-order valence-corrected chi connectivity index (χ1v) is 6.56. The minimum absolute atomic E-state index is 0.110. The Kier molecular flexibility index (Phi) is 3.43. The van der Waals surface area contributed by atoms with Gasteiger partial charge in [0.2, 0.25) is 0 Å². The number of aromatic hydroxyl groups is 1. The fourth-order valence-corrected chi connectivity index (χ4v) is 2.14. The van der Waals surface area contributed by atoms with E-state index in [1.54, 1.807) is 18.2 Å². The number of amides is 2. The van der Waals surface area contributed by atoms with E-state index in [0.29, 0.717) is 11.4 Å². The van der Waals surface area contributed by atoms with Gasteiger partial charge in [-0.2, -0.15) is 0 Å². The van der Waals surface area contributed by atoms with Gasteiger partial charge in [-0.15, -0.1) is 0 Å². The van der Waals surface area contributed by atoms with Crippen LogP contribution in [0.2, 0.25) is 0 Å². The molecule has 104 valence electrons. The number of anilines is 2. The molecule has 0 unspecified atom stereocenters. The first-order valence-electron chi connectivity index (χ1n) is 6.56. The summed E-state index contributed by atoms with van der Waals surface area (Å²) in [5.74, 6) is 0.110. The van der Waals surface area contributed by atoms with Crippen molar-refractivity contribution in [3.05, 3.63) is 66.7 Å². The van der Waals surface area contributed by atoms with Gasteiger partial charge in [0, 0.05) is 17.4 Å². The van der Waals surface area contributed by atoms with Gasteiger partial charge in [0.1, 0.15) is 5.75 Å². The lowest BCUT2D eigenvalue weighted by molar-refractivity contribution is 0.262. The molecule has 0 heterocycles. The molecule has 0 radical (unpaired) electrons. The molecule has 0 aliphatic carbocycles. The molecule has 0 aliphatic heterocycles. The van der Waals surface area contributed by atoms with Gasteiger partial charge >= 0.3 is 6.03 Å². The van der Waals surface area contributed by atoms with Crippen LogP contribution in [0.15, 0.2) is 66.7 Å². The largest absolute Gasteiger partial charge is 0.508 e. The second kappa shape index (κ2) is 5.54. The highest BCUT2D eigenvalue weighted by Crippen LogP contribution is 2.19. The maximum absolute atomic E-state index is 11.9. The third kappa shape index (κ3) is 3.12. The van der Waals surface area contributed by atoms with Gasteiger partial charge in [0.25, 0.3) is 0 Å². The molecule has 0 saturated carbocycles. The summed E-state index contributed by atoms with van der Waals surface area (Å²) >= 11 is 0. The van der Waals surface area contributed by atoms with E-state index in [4.69, 9.17) is 0 Å². The molecule has 0 atom stereocenters. The molecule has 2 amide bonds. The van der Waals surface area contributed by atoms with Crippen LogP contribution in [-0.2, 0) is 0 Å². The molecule has 0 spiro atoms. The van der Waals surface area contributed by atoms with Gasteiger partial charge < -0.3 is 15.7 Å². The number of nitrogens with one attached hydrogen (secondary N) is 2. The Labute approximate surface area is 122 Å². The lowest BCUT2D eigenvalue weighted by Gasteiger charge is -2.08. The molecule has 0 fully saturated rings. The number of phenolic OH excluding ortho intramolecular Hbond substituents is 1. The Morgan fingerprint density at radius 2 is 1.48 bits per heavy atom. The van der Waals surface area contributed by atoms with Crippen molar-refractivity contribution in [2.24, 2.45) is 0 Å². The van der Waals surface area contributed by atoms with Crippen LogP contribution in [0.1, 0.15) is 0 Å². The van der Waals surface area contributed by atoms with E-state index in [9.17, 15) is 9.90 Å². The number of carbonyl (C=O) groups excluding carboxylic acids is 1. The molecular weight excluding hydrogens is 264 g/mol. The number of urea groups is 1. The summed E-state index contributed by atoms with van der Waals surface area (Å²) in [6.07, 6.45) is 0. The monoisotopic (exact) mass is 278 g/mol. The van der Waals surface area contributed by atoms with Crippen LogP contribution in [0, 0.1) is 0 Å². The molecule has 3 N–H and O–H groups in total. The quantitative estimate of drug-likeness (QED) is 0.658. The Morgan fingerprint density at radius 3 is 2.24 bits per heavy atom. The van der Waals surface area contributed by atoms with Gasteiger partial charge in [-0.05, 0) is 35.0 Å². The third-order valence-corrected chi connectivity index (χ3v) is 3.11. The van der Waals surface area contributed by atoms with Crippen LogP contribution in [0.25, 0.3) is 10.8 Å². The van der Waals surface area contributed by atoms with Gasteiger partial charge in [0.05, 0.1) is 0 Å². The third-order valence-electron chi connectivity index (χ3n) is 3.11. The summed E-state index contributed by atoms with van der Waals surface area (Å²) in [4.78, 5) is 11.9. The number of phenols is 1. The van der Waals surface area contributed by atoms with E-state index in [1.165, 1.54) is 6.07 Å². The second-order valence-electron chi connectivity index (χ2n) is 4.69. The molecular formula is C17H14N2O2. The lowest BCUT2D eigenvalue weighted by Crippen LogP contribution is -2.19. The van der Waals surface area contributed by atoms with Crippen molar-refractivity contribution in [1.29, 1.82) is 0 Å². The topological polar surface area (TPSA) is 61.4 Å². The Hall–Kier alpha value is -3.01. The SMILES string of the molecule is O=C(Nc1cccc(O)c1)Nc1ccc2ccccc2c1. The van der Waals surface area contributed by atoms with Crippen molar-refractivity contribution in [3.63, 3.8) is 0 Å². The average molecular weight is 278 g/mol. The van der Waals surface area contributed by atoms with Crippen LogP contribution in [0.5, 0.6) is 5.75 Å². The smallest absolute Gasteiger partial charge is 0.323 e. The van der Waals surface area contributed by atoms with Crippen molar-refractivity contribution >= 4 is 28.2 Å². The summed E-state index contributed by atoms with van der Waals surface area (Å²) < 4.78 is 0. The minimum atomic E-state index is -0.351. The summed E-state index contributed by atoms with van der Waals surface area (Å²) in [6, 6.07) is 19.7. The van der Waals surface area contributed by atoms with Crippen molar-refractivity contribution in [2.75, 3.05) is 10.6 Å². The molecule has 4 heteroatoms.